The topological polar surface area (TPSA) is 66.6 Å². The van der Waals surface area contributed by atoms with Gasteiger partial charge in [0.05, 0.1) is 40.4 Å². The Labute approximate surface area is 229 Å². The van der Waals surface area contributed by atoms with Crippen LogP contribution in [0.4, 0.5) is 0 Å². The minimum Gasteiger partial charge on any atom is -0.491 e. The third-order valence-electron chi connectivity index (χ3n) is 7.03. The molecule has 196 valence electrons. The Morgan fingerprint density at radius 3 is 2.05 bits per heavy atom. The fraction of sp³-hybridized carbons (Fsp3) is 0.235. The van der Waals surface area contributed by atoms with Crippen molar-refractivity contribution in [2.45, 2.75) is 39.5 Å². The summed E-state index contributed by atoms with van der Waals surface area (Å²) in [5, 5.41) is 0. The number of hydrogen-bond acceptors (Lipinski definition) is 3. The molecule has 0 saturated carbocycles. The van der Waals surface area contributed by atoms with Crippen LogP contribution in [0.2, 0.25) is 0 Å². The molecule has 0 aliphatic carbocycles. The van der Waals surface area contributed by atoms with Crippen LogP contribution < -0.4 is 4.74 Å². The highest BCUT2D eigenvalue weighted by molar-refractivity contribution is 5.95. The highest BCUT2D eigenvalue weighted by Gasteiger charge is 2.16. The van der Waals surface area contributed by atoms with Gasteiger partial charge in [0.25, 0.3) is 0 Å². The molecular weight excluding hydrogens is 480 g/mol. The van der Waals surface area contributed by atoms with Gasteiger partial charge in [-0.3, -0.25) is 0 Å². The molecule has 0 fully saturated rings. The molecule has 0 atom stereocenters. The summed E-state index contributed by atoms with van der Waals surface area (Å²) in [5.74, 6) is 1.62. The summed E-state index contributed by atoms with van der Waals surface area (Å²) in [6.07, 6.45) is 12.8. The van der Waals surface area contributed by atoms with Gasteiger partial charge in [-0.1, -0.05) is 63.4 Å². The maximum Gasteiger partial charge on any atom is 0.152 e. The first kappa shape index (κ1) is 24.9. The molecule has 8 bridgehead atoms. The molecule has 0 amide bonds. The van der Waals surface area contributed by atoms with Crippen LogP contribution in [0.3, 0.4) is 0 Å². The second-order valence-electron chi connectivity index (χ2n) is 10.7. The zero-order valence-electron chi connectivity index (χ0n) is 22.6. The first-order valence-electron chi connectivity index (χ1n) is 13.9. The minimum absolute atomic E-state index is 0.679. The zero-order valence-corrected chi connectivity index (χ0v) is 22.6. The summed E-state index contributed by atoms with van der Waals surface area (Å²) < 4.78 is 6.59. The first-order valence-corrected chi connectivity index (χ1v) is 13.9. The lowest BCUT2D eigenvalue weighted by Gasteiger charge is -2.09. The van der Waals surface area contributed by atoms with E-state index in [0.717, 1.165) is 74.1 Å². The van der Waals surface area contributed by atoms with E-state index in [0.29, 0.717) is 6.61 Å². The molecule has 0 saturated heterocycles. The number of rotatable bonds is 8. The van der Waals surface area contributed by atoms with Crippen LogP contribution in [0, 0.1) is 5.92 Å². The molecule has 6 rings (SSSR count). The van der Waals surface area contributed by atoms with Crippen LogP contribution in [0.25, 0.3) is 57.5 Å². The number of fused-ring (bicyclic) bond motifs is 8. The van der Waals surface area contributed by atoms with E-state index in [1.165, 1.54) is 19.3 Å². The minimum atomic E-state index is 0.679. The number of H-pyrrole nitrogens is 2. The van der Waals surface area contributed by atoms with Gasteiger partial charge in [-0.15, -0.1) is 0 Å². The molecule has 39 heavy (non-hydrogen) atoms. The number of benzene rings is 1. The number of aromatic nitrogens is 4. The maximum absolute atomic E-state index is 6.59. The average Bonchev–Trinajstić information content (AvgIpc) is 3.72. The Balaban J connectivity index is 1.52. The van der Waals surface area contributed by atoms with E-state index >= 15 is 0 Å². The lowest BCUT2D eigenvalue weighted by Crippen LogP contribution is -1.98. The standard InChI is InChI=1S/C34H34N4O/c1-23(2)9-5-4-8-18-39-34-32-22-30-17-15-28(37-30)20-26-13-12-25(35-26)19-27-14-16-29(36-27)21-31(38-32)33(34)24-10-6-3-7-11-24/h3,6-7,10-17,19-23,37-38H,4-5,8-9,18H2,1-2H3. The van der Waals surface area contributed by atoms with Crippen molar-refractivity contribution < 1.29 is 4.74 Å². The highest BCUT2D eigenvalue weighted by atomic mass is 16.5. The second-order valence-corrected chi connectivity index (χ2v) is 10.7. The Kier molecular flexibility index (Phi) is 7.13. The van der Waals surface area contributed by atoms with E-state index in [1.807, 2.05) is 36.4 Å². The normalized spacial score (nSPS) is 12.4. The molecule has 0 spiro atoms. The van der Waals surface area contributed by atoms with Crippen molar-refractivity contribution in [2.75, 3.05) is 6.61 Å². The molecule has 1 aromatic carbocycles. The number of hydrogen-bond donors (Lipinski definition) is 2. The summed E-state index contributed by atoms with van der Waals surface area (Å²) in [6, 6.07) is 22.9. The van der Waals surface area contributed by atoms with Gasteiger partial charge in [-0.2, -0.15) is 0 Å². The fourth-order valence-corrected chi connectivity index (χ4v) is 5.10. The number of ether oxygens (including phenoxy) is 1. The summed E-state index contributed by atoms with van der Waals surface area (Å²) in [5.41, 5.74) is 9.66. The van der Waals surface area contributed by atoms with Crippen molar-refractivity contribution in [1.82, 2.24) is 19.9 Å². The fourth-order valence-electron chi connectivity index (χ4n) is 5.10. The monoisotopic (exact) mass is 514 g/mol. The molecule has 0 unspecified atom stereocenters. The molecule has 5 nitrogen and oxygen atoms in total. The number of nitrogens with zero attached hydrogens (tertiary/aromatic N) is 2. The van der Waals surface area contributed by atoms with Crippen molar-refractivity contribution in [3.63, 3.8) is 0 Å². The third kappa shape index (κ3) is 5.88. The van der Waals surface area contributed by atoms with Gasteiger partial charge < -0.3 is 14.7 Å². The van der Waals surface area contributed by atoms with Crippen LogP contribution in [-0.2, 0) is 0 Å². The summed E-state index contributed by atoms with van der Waals surface area (Å²) >= 11 is 0. The van der Waals surface area contributed by atoms with Gasteiger partial charge in [0.1, 0.15) is 0 Å². The predicted molar refractivity (Wildman–Crippen MR) is 163 cm³/mol. The van der Waals surface area contributed by atoms with E-state index in [1.54, 1.807) is 0 Å². The second kappa shape index (κ2) is 11.2. The molecule has 5 heterocycles. The van der Waals surface area contributed by atoms with Crippen molar-refractivity contribution in [3.8, 4) is 16.9 Å². The molecular formula is C34H34N4O. The van der Waals surface area contributed by atoms with Crippen LogP contribution >= 0.6 is 0 Å². The van der Waals surface area contributed by atoms with Crippen LogP contribution in [-0.4, -0.2) is 26.5 Å². The molecule has 2 aliphatic rings. The Bertz CT molecular complexity index is 1690. The van der Waals surface area contributed by atoms with Crippen LogP contribution in [0.15, 0.2) is 66.7 Å². The Morgan fingerprint density at radius 2 is 1.33 bits per heavy atom. The van der Waals surface area contributed by atoms with Crippen molar-refractivity contribution in [1.29, 1.82) is 0 Å². The number of nitrogens with one attached hydrogen (secondary N) is 2. The van der Waals surface area contributed by atoms with Gasteiger partial charge in [0.2, 0.25) is 0 Å². The van der Waals surface area contributed by atoms with Crippen LogP contribution in [0.1, 0.15) is 62.3 Å². The molecule has 3 aromatic heterocycles. The van der Waals surface area contributed by atoms with Crippen molar-refractivity contribution in [3.05, 3.63) is 89.5 Å². The highest BCUT2D eigenvalue weighted by Crippen LogP contribution is 2.39. The first-order chi connectivity index (χ1) is 19.1. The van der Waals surface area contributed by atoms with Crippen LogP contribution in [0.5, 0.6) is 5.75 Å². The SMILES string of the molecule is CC(C)CCCCCOc1c(-c2ccccc2)c2cc3nc(cc4nc(cc5ccc(cc1[nH]2)[nH]5)C=C4)C=C3. The summed E-state index contributed by atoms with van der Waals surface area (Å²) in [6.45, 7) is 5.25. The van der Waals surface area contributed by atoms with E-state index in [4.69, 9.17) is 14.7 Å². The lowest BCUT2D eigenvalue weighted by atomic mass is 10.1. The third-order valence-corrected chi connectivity index (χ3v) is 7.03. The smallest absolute Gasteiger partial charge is 0.152 e. The Hall–Kier alpha value is -4.38. The number of unbranched alkanes of at least 4 members (excludes halogenated alkanes) is 2. The molecule has 5 heteroatoms. The summed E-state index contributed by atoms with van der Waals surface area (Å²) in [7, 11) is 0. The van der Waals surface area contributed by atoms with Gasteiger partial charge in [0.15, 0.2) is 5.75 Å². The van der Waals surface area contributed by atoms with Gasteiger partial charge in [0, 0.05) is 16.6 Å². The zero-order chi connectivity index (χ0) is 26.6. The quantitative estimate of drug-likeness (QED) is 0.199. The van der Waals surface area contributed by atoms with Gasteiger partial charge >= 0.3 is 0 Å². The Morgan fingerprint density at radius 1 is 0.667 bits per heavy atom. The lowest BCUT2D eigenvalue weighted by molar-refractivity contribution is 0.308. The van der Waals surface area contributed by atoms with E-state index in [9.17, 15) is 0 Å². The van der Waals surface area contributed by atoms with E-state index < -0.39 is 0 Å². The summed E-state index contributed by atoms with van der Waals surface area (Å²) in [4.78, 5) is 16.8. The van der Waals surface area contributed by atoms with Gasteiger partial charge in [-0.25, -0.2) is 9.97 Å². The van der Waals surface area contributed by atoms with E-state index in [2.05, 4.69) is 78.4 Å². The molecule has 2 N–H and O–H groups in total. The molecule has 2 aliphatic heterocycles. The van der Waals surface area contributed by atoms with Crippen molar-refractivity contribution in [2.24, 2.45) is 5.92 Å². The van der Waals surface area contributed by atoms with Gasteiger partial charge in [-0.05, 0) is 78.6 Å². The van der Waals surface area contributed by atoms with E-state index in [-0.39, 0.29) is 0 Å². The molecule has 0 radical (unpaired) electrons. The largest absolute Gasteiger partial charge is 0.491 e. The predicted octanol–water partition coefficient (Wildman–Crippen LogP) is 8.92. The van der Waals surface area contributed by atoms with Crippen molar-refractivity contribution >= 4 is 46.4 Å². The average molecular weight is 515 g/mol. The number of aromatic amines is 2. The molecule has 4 aromatic rings. The maximum atomic E-state index is 6.59.